The first-order valence-corrected chi connectivity index (χ1v) is 9.59. The Balaban J connectivity index is 2.01. The van der Waals surface area contributed by atoms with Crippen LogP contribution < -0.4 is 10.4 Å². The Kier molecular flexibility index (Phi) is 5.78. The molecule has 0 saturated carbocycles. The van der Waals surface area contributed by atoms with Gasteiger partial charge < -0.3 is 4.74 Å². The van der Waals surface area contributed by atoms with E-state index in [1.54, 1.807) is 18.8 Å². The van der Waals surface area contributed by atoms with Crippen molar-refractivity contribution >= 4 is 11.8 Å². The molecular weight excluding hydrogens is 348 g/mol. The summed E-state index contributed by atoms with van der Waals surface area (Å²) in [7, 11) is 1.59. The van der Waals surface area contributed by atoms with E-state index in [1.165, 1.54) is 9.36 Å². The molecule has 0 aliphatic heterocycles. The quantitative estimate of drug-likeness (QED) is 0.598. The number of ether oxygens (including phenoxy) is 1. The molecule has 3 aromatic rings. The van der Waals surface area contributed by atoms with E-state index in [2.05, 4.69) is 30.3 Å². The highest BCUT2D eigenvalue weighted by Gasteiger charge is 2.16. The lowest BCUT2D eigenvalue weighted by molar-refractivity contribution is 0.299. The maximum absolute atomic E-state index is 12.3. The lowest BCUT2D eigenvalue weighted by Gasteiger charge is -2.15. The van der Waals surface area contributed by atoms with Gasteiger partial charge in [-0.15, -0.1) is 11.8 Å². The summed E-state index contributed by atoms with van der Waals surface area (Å²) in [5, 5.41) is 7.81. The summed E-state index contributed by atoms with van der Waals surface area (Å²) in [6.07, 6.45) is 0.901. The van der Waals surface area contributed by atoms with Crippen molar-refractivity contribution < 1.29 is 4.74 Å². The lowest BCUT2D eigenvalue weighted by atomic mass is 10.1. The lowest BCUT2D eigenvalue weighted by Crippen LogP contribution is -2.23. The minimum atomic E-state index is -0.279. The molecule has 0 aliphatic rings. The number of tetrazole rings is 1. The molecule has 2 aromatic carbocycles. The highest BCUT2D eigenvalue weighted by Crippen LogP contribution is 2.29. The zero-order chi connectivity index (χ0) is 18.5. The number of benzene rings is 2. The van der Waals surface area contributed by atoms with E-state index in [9.17, 15) is 4.79 Å². The van der Waals surface area contributed by atoms with Crippen molar-refractivity contribution in [3.8, 4) is 11.4 Å². The molecule has 26 heavy (non-hydrogen) atoms. The monoisotopic (exact) mass is 370 g/mol. The van der Waals surface area contributed by atoms with Gasteiger partial charge in [0.2, 0.25) is 0 Å². The molecule has 3 rings (SSSR count). The van der Waals surface area contributed by atoms with E-state index in [0.717, 1.165) is 33.9 Å². The summed E-state index contributed by atoms with van der Waals surface area (Å²) in [6.45, 7) is 4.56. The standard InChI is InChI=1S/C19H22N4O2S/c1-4-14-9-6-7-11-17(14)25-13-15-16(10-8-12-18(15)26-5-2)23-19(24)22(3)20-21-23/h6-12H,4-5,13H2,1-3H3. The highest BCUT2D eigenvalue weighted by molar-refractivity contribution is 7.99. The smallest absolute Gasteiger partial charge is 0.368 e. The van der Waals surface area contributed by atoms with Crippen molar-refractivity contribution in [3.05, 3.63) is 64.1 Å². The Labute approximate surface area is 156 Å². The van der Waals surface area contributed by atoms with E-state index in [0.29, 0.717) is 12.3 Å². The van der Waals surface area contributed by atoms with Crippen molar-refractivity contribution in [2.45, 2.75) is 31.8 Å². The SMILES string of the molecule is CCSc1cccc(-n2nnn(C)c2=O)c1COc1ccccc1CC. The summed E-state index contributed by atoms with van der Waals surface area (Å²) < 4.78 is 8.67. The van der Waals surface area contributed by atoms with Gasteiger partial charge in [-0.3, -0.25) is 0 Å². The molecule has 0 aliphatic carbocycles. The molecule has 0 saturated heterocycles. The summed E-state index contributed by atoms with van der Waals surface area (Å²) in [5.41, 5.74) is 2.52. The zero-order valence-corrected chi connectivity index (χ0v) is 16.0. The average molecular weight is 370 g/mol. The summed E-state index contributed by atoms with van der Waals surface area (Å²) in [5.74, 6) is 1.79. The Morgan fingerprint density at radius 2 is 1.88 bits per heavy atom. The fraction of sp³-hybridized carbons (Fsp3) is 0.316. The number of rotatable bonds is 7. The minimum Gasteiger partial charge on any atom is -0.489 e. The number of hydrogen-bond donors (Lipinski definition) is 0. The largest absolute Gasteiger partial charge is 0.489 e. The molecule has 0 atom stereocenters. The van der Waals surface area contributed by atoms with Gasteiger partial charge in [0.25, 0.3) is 0 Å². The first-order valence-electron chi connectivity index (χ1n) is 8.60. The first kappa shape index (κ1) is 18.3. The predicted octanol–water partition coefficient (Wildman–Crippen LogP) is 3.22. The van der Waals surface area contributed by atoms with Gasteiger partial charge in [-0.25, -0.2) is 4.79 Å². The highest BCUT2D eigenvalue weighted by atomic mass is 32.2. The number of para-hydroxylation sites is 1. The van der Waals surface area contributed by atoms with Gasteiger partial charge in [0.15, 0.2) is 0 Å². The van der Waals surface area contributed by atoms with Crippen molar-refractivity contribution in [2.24, 2.45) is 7.05 Å². The molecule has 0 fully saturated rings. The molecule has 0 spiro atoms. The number of nitrogens with zero attached hydrogens (tertiary/aromatic N) is 4. The second kappa shape index (κ2) is 8.23. The molecule has 0 bridgehead atoms. The Morgan fingerprint density at radius 3 is 2.58 bits per heavy atom. The van der Waals surface area contributed by atoms with Crippen LogP contribution in [0.4, 0.5) is 0 Å². The second-order valence-corrected chi connectivity index (χ2v) is 7.04. The van der Waals surface area contributed by atoms with E-state index in [-0.39, 0.29) is 5.69 Å². The summed E-state index contributed by atoms with van der Waals surface area (Å²) >= 11 is 1.72. The second-order valence-electron chi connectivity index (χ2n) is 5.73. The molecule has 7 heteroatoms. The number of hydrogen-bond acceptors (Lipinski definition) is 5. The van der Waals surface area contributed by atoms with Crippen LogP contribution >= 0.6 is 11.8 Å². The van der Waals surface area contributed by atoms with E-state index in [1.807, 2.05) is 36.4 Å². The maximum atomic E-state index is 12.3. The molecule has 0 unspecified atom stereocenters. The molecule has 1 aromatic heterocycles. The van der Waals surface area contributed by atoms with Crippen LogP contribution in [-0.2, 0) is 20.1 Å². The maximum Gasteiger partial charge on any atom is 0.368 e. The van der Waals surface area contributed by atoms with Crippen LogP contribution in [0.5, 0.6) is 5.75 Å². The van der Waals surface area contributed by atoms with Gasteiger partial charge in [-0.2, -0.15) is 9.36 Å². The van der Waals surface area contributed by atoms with Gasteiger partial charge in [0.1, 0.15) is 12.4 Å². The van der Waals surface area contributed by atoms with Crippen LogP contribution in [-0.4, -0.2) is 25.5 Å². The number of aryl methyl sites for hydroxylation is 2. The van der Waals surface area contributed by atoms with Crippen LogP contribution in [0.3, 0.4) is 0 Å². The Bertz CT molecular complexity index is 949. The number of aromatic nitrogens is 4. The fourth-order valence-corrected chi connectivity index (χ4v) is 3.56. The Morgan fingerprint density at radius 1 is 1.08 bits per heavy atom. The van der Waals surface area contributed by atoms with Gasteiger partial charge in [-0.05, 0) is 46.4 Å². The van der Waals surface area contributed by atoms with Gasteiger partial charge in [-0.1, -0.05) is 38.1 Å². The molecule has 0 N–H and O–H groups in total. The molecular formula is C19H22N4O2S. The third-order valence-electron chi connectivity index (χ3n) is 4.08. The number of thioether (sulfide) groups is 1. The molecule has 136 valence electrons. The molecule has 1 heterocycles. The molecule has 0 amide bonds. The summed E-state index contributed by atoms with van der Waals surface area (Å²) in [6, 6.07) is 13.9. The topological polar surface area (TPSA) is 61.9 Å². The van der Waals surface area contributed by atoms with Crippen molar-refractivity contribution in [2.75, 3.05) is 5.75 Å². The third-order valence-corrected chi connectivity index (χ3v) is 5.07. The van der Waals surface area contributed by atoms with Crippen LogP contribution in [0.25, 0.3) is 5.69 Å². The normalized spacial score (nSPS) is 10.9. The van der Waals surface area contributed by atoms with Gasteiger partial charge >= 0.3 is 5.69 Å². The molecule has 0 radical (unpaired) electrons. The van der Waals surface area contributed by atoms with Crippen molar-refractivity contribution in [1.29, 1.82) is 0 Å². The predicted molar refractivity (Wildman–Crippen MR) is 103 cm³/mol. The Hall–Kier alpha value is -2.54. The van der Waals surface area contributed by atoms with Crippen LogP contribution in [0, 0.1) is 0 Å². The van der Waals surface area contributed by atoms with E-state index >= 15 is 0 Å². The van der Waals surface area contributed by atoms with Crippen molar-refractivity contribution in [1.82, 2.24) is 19.8 Å². The van der Waals surface area contributed by atoms with Crippen molar-refractivity contribution in [3.63, 3.8) is 0 Å². The first-order chi connectivity index (χ1) is 12.7. The van der Waals surface area contributed by atoms with Crippen LogP contribution in [0.15, 0.2) is 52.2 Å². The minimum absolute atomic E-state index is 0.279. The zero-order valence-electron chi connectivity index (χ0n) is 15.2. The molecule has 6 nitrogen and oxygen atoms in total. The fourth-order valence-electron chi connectivity index (χ4n) is 2.74. The summed E-state index contributed by atoms with van der Waals surface area (Å²) in [4.78, 5) is 13.4. The van der Waals surface area contributed by atoms with E-state index < -0.39 is 0 Å². The van der Waals surface area contributed by atoms with Crippen LogP contribution in [0.2, 0.25) is 0 Å². The van der Waals surface area contributed by atoms with Gasteiger partial charge in [0.05, 0.1) is 5.69 Å². The average Bonchev–Trinajstić information content (AvgIpc) is 2.99. The van der Waals surface area contributed by atoms with Crippen LogP contribution in [0.1, 0.15) is 25.0 Å². The van der Waals surface area contributed by atoms with E-state index in [4.69, 9.17) is 4.74 Å². The third kappa shape index (κ3) is 3.67. The van der Waals surface area contributed by atoms with Gasteiger partial charge in [0, 0.05) is 17.5 Å².